The molecule has 3 atom stereocenters. The largest absolute Gasteiger partial charge is 0.481 e. The van der Waals surface area contributed by atoms with E-state index in [2.05, 4.69) is 69.7 Å². The third-order valence-corrected chi connectivity index (χ3v) is 9.57. The molecule has 4 aromatic rings. The molecule has 50 heavy (non-hydrogen) atoms. The van der Waals surface area contributed by atoms with Crippen LogP contribution < -0.4 is 5.32 Å². The van der Waals surface area contributed by atoms with Crippen LogP contribution in [0.3, 0.4) is 0 Å². The number of aliphatic hydroxyl groups excluding tert-OH is 1. The molecule has 9 nitrogen and oxygen atoms in total. The first kappa shape index (κ1) is 35.4. The molecule has 0 aliphatic carbocycles. The Morgan fingerprint density at radius 1 is 0.740 bits per heavy atom. The number of hydrogen-bond donors (Lipinski definition) is 3. The molecule has 2 aliphatic heterocycles. The van der Waals surface area contributed by atoms with Crippen molar-refractivity contribution in [2.75, 3.05) is 32.7 Å². The number of rotatable bonds is 14. The highest BCUT2D eigenvalue weighted by Crippen LogP contribution is 2.39. The van der Waals surface area contributed by atoms with Crippen molar-refractivity contribution in [3.8, 4) is 11.1 Å². The Balaban J connectivity index is 1.12. The number of carboxylic acid groups (broad SMARTS) is 1. The summed E-state index contributed by atoms with van der Waals surface area (Å²) < 4.78 is 13.3. The van der Waals surface area contributed by atoms with Gasteiger partial charge in [0.1, 0.15) is 0 Å². The average molecular weight is 678 g/mol. The number of carboxylic acids is 1. The van der Waals surface area contributed by atoms with Crippen LogP contribution in [0.15, 0.2) is 103 Å². The van der Waals surface area contributed by atoms with Crippen LogP contribution >= 0.6 is 0 Å². The van der Waals surface area contributed by atoms with Gasteiger partial charge in [0.15, 0.2) is 6.29 Å². The molecular weight excluding hydrogens is 630 g/mol. The van der Waals surface area contributed by atoms with Crippen molar-refractivity contribution < 1.29 is 29.3 Å². The summed E-state index contributed by atoms with van der Waals surface area (Å²) in [5.41, 5.74) is 7.24. The summed E-state index contributed by atoms with van der Waals surface area (Å²) in [6, 6.07) is 34.8. The van der Waals surface area contributed by atoms with Gasteiger partial charge in [0, 0.05) is 70.6 Å². The molecule has 2 fully saturated rings. The van der Waals surface area contributed by atoms with Crippen molar-refractivity contribution in [3.63, 3.8) is 0 Å². The Kier molecular flexibility index (Phi) is 12.4. The van der Waals surface area contributed by atoms with Gasteiger partial charge in [-0.25, -0.2) is 0 Å². The molecule has 262 valence electrons. The number of carbonyl (C=O) groups is 2. The lowest BCUT2D eigenvalue weighted by Crippen LogP contribution is -2.49. The first-order valence-electron chi connectivity index (χ1n) is 17.6. The summed E-state index contributed by atoms with van der Waals surface area (Å²) in [5, 5.41) is 21.4. The van der Waals surface area contributed by atoms with Crippen LogP contribution in [0.1, 0.15) is 65.9 Å². The van der Waals surface area contributed by atoms with E-state index in [-0.39, 0.29) is 37.6 Å². The van der Waals surface area contributed by atoms with Gasteiger partial charge in [0.25, 0.3) is 0 Å². The Hall–Kier alpha value is -4.38. The van der Waals surface area contributed by atoms with E-state index in [0.29, 0.717) is 13.0 Å². The predicted molar refractivity (Wildman–Crippen MR) is 192 cm³/mol. The highest BCUT2D eigenvalue weighted by molar-refractivity contribution is 5.77. The van der Waals surface area contributed by atoms with E-state index in [0.717, 1.165) is 79.1 Å². The van der Waals surface area contributed by atoms with E-state index < -0.39 is 12.3 Å². The molecule has 1 amide bonds. The fourth-order valence-corrected chi connectivity index (χ4v) is 6.75. The van der Waals surface area contributed by atoms with Crippen molar-refractivity contribution in [3.05, 3.63) is 131 Å². The van der Waals surface area contributed by atoms with Gasteiger partial charge in [-0.05, 0) is 39.8 Å². The summed E-state index contributed by atoms with van der Waals surface area (Å²) in [7, 11) is 0. The minimum Gasteiger partial charge on any atom is -0.481 e. The topological polar surface area (TPSA) is 112 Å². The van der Waals surface area contributed by atoms with Gasteiger partial charge in [-0.2, -0.15) is 0 Å². The number of benzene rings is 4. The number of nitrogens with zero attached hydrogens (tertiary/aromatic N) is 2. The Bertz CT molecular complexity index is 1670. The third-order valence-electron chi connectivity index (χ3n) is 9.57. The number of ether oxygens (including phenoxy) is 2. The van der Waals surface area contributed by atoms with Crippen molar-refractivity contribution in [1.29, 1.82) is 0 Å². The average Bonchev–Trinajstić information content (AvgIpc) is 3.15. The number of aliphatic carboxylic acids is 1. The minimum absolute atomic E-state index is 0.00501. The van der Waals surface area contributed by atoms with Gasteiger partial charge in [-0.1, -0.05) is 103 Å². The second-order valence-corrected chi connectivity index (χ2v) is 13.2. The molecule has 2 aliphatic rings. The molecule has 9 heteroatoms. The van der Waals surface area contributed by atoms with Crippen LogP contribution in [-0.2, 0) is 38.8 Å². The number of amides is 1. The fraction of sp³-hybridized carbons (Fsp3) is 0.366. The zero-order valence-corrected chi connectivity index (χ0v) is 28.5. The molecule has 0 spiro atoms. The van der Waals surface area contributed by atoms with E-state index >= 15 is 0 Å². The molecule has 2 heterocycles. The molecule has 6 rings (SSSR count). The minimum atomic E-state index is -0.897. The second-order valence-electron chi connectivity index (χ2n) is 13.2. The molecule has 0 aromatic heterocycles. The Morgan fingerprint density at radius 3 is 2.14 bits per heavy atom. The van der Waals surface area contributed by atoms with Gasteiger partial charge in [0.2, 0.25) is 5.91 Å². The highest BCUT2D eigenvalue weighted by Gasteiger charge is 2.34. The zero-order chi connectivity index (χ0) is 34.7. The van der Waals surface area contributed by atoms with Crippen LogP contribution in [0, 0.1) is 0 Å². The summed E-state index contributed by atoms with van der Waals surface area (Å²) in [6.45, 7) is 6.19. The number of piperazine rings is 1. The van der Waals surface area contributed by atoms with Crippen molar-refractivity contribution in [2.24, 2.45) is 0 Å². The monoisotopic (exact) mass is 677 g/mol. The van der Waals surface area contributed by atoms with Gasteiger partial charge in [-0.15, -0.1) is 0 Å². The smallest absolute Gasteiger partial charge is 0.303 e. The van der Waals surface area contributed by atoms with Gasteiger partial charge >= 0.3 is 5.97 Å². The molecule has 0 saturated carbocycles. The first-order valence-corrected chi connectivity index (χ1v) is 17.6. The summed E-state index contributed by atoms with van der Waals surface area (Å²) in [6.07, 6.45) is 0.521. The standard InChI is InChI=1S/C41H47N3O6/c45-29-31-13-15-33(16-14-31)38-25-36(28-44-23-21-43(22-24-44)27-30-7-2-1-3-8-30)49-41(50-38)34-19-17-32(18-20-34)37-10-5-4-9-35(37)26-42-39(46)11-6-12-40(47)48/h1-5,7-10,13-20,36,38,41,45H,6,11-12,21-29H2,(H,42,46)(H,47,48)/t36-,38+,41+/m0/s1. The number of carbonyl (C=O) groups excluding carboxylic acids is 1. The third kappa shape index (κ3) is 9.87. The number of aliphatic hydroxyl groups is 1. The molecular formula is C41H47N3O6. The summed E-state index contributed by atoms with van der Waals surface area (Å²) in [4.78, 5) is 28.1. The maximum atomic E-state index is 12.3. The van der Waals surface area contributed by atoms with Gasteiger partial charge in [-0.3, -0.25) is 19.4 Å². The quantitative estimate of drug-likeness (QED) is 0.147. The second kappa shape index (κ2) is 17.5. The van der Waals surface area contributed by atoms with Crippen molar-refractivity contribution in [1.82, 2.24) is 15.1 Å². The van der Waals surface area contributed by atoms with E-state index in [9.17, 15) is 14.7 Å². The molecule has 0 unspecified atom stereocenters. The van der Waals surface area contributed by atoms with Crippen molar-refractivity contribution in [2.45, 2.75) is 63.9 Å². The number of hydrogen-bond acceptors (Lipinski definition) is 7. The van der Waals surface area contributed by atoms with Crippen LogP contribution in [0.5, 0.6) is 0 Å². The number of nitrogens with one attached hydrogen (secondary N) is 1. The van der Waals surface area contributed by atoms with Gasteiger partial charge in [0.05, 0.1) is 18.8 Å². The van der Waals surface area contributed by atoms with Crippen LogP contribution in [0.2, 0.25) is 0 Å². The van der Waals surface area contributed by atoms with Crippen molar-refractivity contribution >= 4 is 11.9 Å². The molecule has 3 N–H and O–H groups in total. The van der Waals surface area contributed by atoms with E-state index in [1.807, 2.05) is 48.5 Å². The SMILES string of the molecule is O=C(O)CCCC(=O)NCc1ccccc1-c1ccc([C@@H]2O[C@H](CN3CCN(Cc4ccccc4)CC3)C[C@H](c3ccc(CO)cc3)O2)cc1. The highest BCUT2D eigenvalue weighted by atomic mass is 16.7. The Morgan fingerprint density at radius 2 is 1.42 bits per heavy atom. The van der Waals surface area contributed by atoms with E-state index in [4.69, 9.17) is 14.6 Å². The Labute approximate surface area is 294 Å². The lowest BCUT2D eigenvalue weighted by atomic mass is 9.97. The van der Waals surface area contributed by atoms with Crippen LogP contribution in [0.4, 0.5) is 0 Å². The first-order chi connectivity index (χ1) is 24.4. The maximum Gasteiger partial charge on any atom is 0.303 e. The zero-order valence-electron chi connectivity index (χ0n) is 28.5. The van der Waals surface area contributed by atoms with E-state index in [1.54, 1.807) is 0 Å². The summed E-state index contributed by atoms with van der Waals surface area (Å²) >= 11 is 0. The predicted octanol–water partition coefficient (Wildman–Crippen LogP) is 6.08. The van der Waals surface area contributed by atoms with Crippen LogP contribution in [0.25, 0.3) is 11.1 Å². The maximum absolute atomic E-state index is 12.3. The normalized spacial score (nSPS) is 20.0. The molecule has 4 aromatic carbocycles. The van der Waals surface area contributed by atoms with E-state index in [1.165, 1.54) is 5.56 Å². The molecule has 0 bridgehead atoms. The van der Waals surface area contributed by atoms with Crippen LogP contribution in [-0.4, -0.2) is 70.7 Å². The van der Waals surface area contributed by atoms with Gasteiger partial charge < -0.3 is 25.0 Å². The summed E-state index contributed by atoms with van der Waals surface area (Å²) in [5.74, 6) is -1.06. The fourth-order valence-electron chi connectivity index (χ4n) is 6.75. The molecule has 2 saturated heterocycles. The lowest BCUT2D eigenvalue weighted by molar-refractivity contribution is -0.253. The molecule has 0 radical (unpaired) electrons. The lowest BCUT2D eigenvalue weighted by Gasteiger charge is -2.40.